The van der Waals surface area contributed by atoms with E-state index in [1.54, 1.807) is 0 Å². The molecule has 1 saturated carbocycles. The second kappa shape index (κ2) is 10.2. The fraction of sp³-hybridized carbons (Fsp3) is 0.941. The zero-order valence-corrected chi connectivity index (χ0v) is 14.2. The van der Waals surface area contributed by atoms with Gasteiger partial charge in [0.05, 0.1) is 0 Å². The SMILES string of the molecule is CC(C)C(=O)NC1CCN(C)CC1.NCC1CCCCC1. The van der Waals surface area contributed by atoms with Crippen LogP contribution in [0, 0.1) is 11.8 Å². The number of nitrogens with two attached hydrogens (primary N) is 1. The molecule has 2 fully saturated rings. The summed E-state index contributed by atoms with van der Waals surface area (Å²) in [6, 6.07) is 0.408. The van der Waals surface area contributed by atoms with Crippen molar-refractivity contribution in [3.05, 3.63) is 0 Å². The molecule has 21 heavy (non-hydrogen) atoms. The lowest BCUT2D eigenvalue weighted by Gasteiger charge is -2.29. The van der Waals surface area contributed by atoms with E-state index in [0.717, 1.165) is 38.4 Å². The lowest BCUT2D eigenvalue weighted by molar-refractivity contribution is -0.125. The van der Waals surface area contributed by atoms with Gasteiger partial charge in [0.15, 0.2) is 0 Å². The van der Waals surface area contributed by atoms with Crippen LogP contribution in [-0.2, 0) is 4.79 Å². The van der Waals surface area contributed by atoms with Gasteiger partial charge in [-0.05, 0) is 58.3 Å². The van der Waals surface area contributed by atoms with Gasteiger partial charge in [-0.2, -0.15) is 0 Å². The summed E-state index contributed by atoms with van der Waals surface area (Å²) in [5, 5.41) is 3.07. The molecule has 2 aliphatic rings. The molecule has 4 heteroatoms. The first-order valence-electron chi connectivity index (χ1n) is 8.72. The van der Waals surface area contributed by atoms with Crippen LogP contribution in [0.1, 0.15) is 58.8 Å². The van der Waals surface area contributed by atoms with E-state index in [0.29, 0.717) is 6.04 Å². The van der Waals surface area contributed by atoms with Crippen molar-refractivity contribution in [1.29, 1.82) is 0 Å². The average Bonchev–Trinajstić information content (AvgIpc) is 2.51. The molecule has 4 nitrogen and oxygen atoms in total. The van der Waals surface area contributed by atoms with Crippen molar-refractivity contribution in [3.8, 4) is 0 Å². The standard InChI is InChI=1S/C10H20N2O.C7H15N/c1-8(2)10(13)11-9-4-6-12(3)7-5-9;8-6-7-4-2-1-3-5-7/h8-9H,4-7H2,1-3H3,(H,11,13);7H,1-6,8H2. The summed E-state index contributed by atoms with van der Waals surface area (Å²) in [5.74, 6) is 1.16. The molecule has 0 bridgehead atoms. The molecule has 124 valence electrons. The Kier molecular flexibility index (Phi) is 8.93. The summed E-state index contributed by atoms with van der Waals surface area (Å²) in [4.78, 5) is 13.7. The van der Waals surface area contributed by atoms with Gasteiger partial charge in [0, 0.05) is 12.0 Å². The summed E-state index contributed by atoms with van der Waals surface area (Å²) in [6.07, 6.45) is 9.23. The molecule has 2 rings (SSSR count). The maximum Gasteiger partial charge on any atom is 0.222 e. The molecule has 0 aromatic rings. The summed E-state index contributed by atoms with van der Waals surface area (Å²) in [7, 11) is 2.13. The van der Waals surface area contributed by atoms with Crippen molar-refractivity contribution >= 4 is 5.91 Å². The van der Waals surface area contributed by atoms with Crippen LogP contribution in [-0.4, -0.2) is 43.5 Å². The van der Waals surface area contributed by atoms with Crippen LogP contribution in [0.3, 0.4) is 0 Å². The molecule has 0 unspecified atom stereocenters. The van der Waals surface area contributed by atoms with E-state index in [-0.39, 0.29) is 11.8 Å². The van der Waals surface area contributed by atoms with Crippen LogP contribution < -0.4 is 11.1 Å². The number of rotatable bonds is 3. The van der Waals surface area contributed by atoms with Gasteiger partial charge < -0.3 is 16.0 Å². The molecule has 0 aromatic carbocycles. The van der Waals surface area contributed by atoms with Gasteiger partial charge in [0.2, 0.25) is 5.91 Å². The third-order valence-electron chi connectivity index (χ3n) is 4.65. The van der Waals surface area contributed by atoms with E-state index in [1.165, 1.54) is 32.1 Å². The fourth-order valence-electron chi connectivity index (χ4n) is 2.94. The third kappa shape index (κ3) is 7.82. The molecule has 0 radical (unpaired) electrons. The highest BCUT2D eigenvalue weighted by Gasteiger charge is 2.19. The molecule has 0 aromatic heterocycles. The van der Waals surface area contributed by atoms with Crippen molar-refractivity contribution in [2.45, 2.75) is 64.8 Å². The molecule has 1 aliphatic heterocycles. The van der Waals surface area contributed by atoms with Gasteiger partial charge in [-0.1, -0.05) is 33.1 Å². The number of amides is 1. The molecule has 1 saturated heterocycles. The number of likely N-dealkylation sites (tertiary alicyclic amines) is 1. The van der Waals surface area contributed by atoms with Gasteiger partial charge in [-0.25, -0.2) is 0 Å². The van der Waals surface area contributed by atoms with Gasteiger partial charge >= 0.3 is 0 Å². The highest BCUT2D eigenvalue weighted by atomic mass is 16.1. The highest BCUT2D eigenvalue weighted by Crippen LogP contribution is 2.21. The predicted octanol–water partition coefficient (Wildman–Crippen LogP) is 2.38. The molecular weight excluding hydrogens is 262 g/mol. The minimum atomic E-state index is 0.111. The molecule has 1 amide bonds. The minimum absolute atomic E-state index is 0.111. The number of nitrogens with zero attached hydrogens (tertiary/aromatic N) is 1. The molecular formula is C17H35N3O. The van der Waals surface area contributed by atoms with Crippen LogP contribution >= 0.6 is 0 Å². The maximum absolute atomic E-state index is 11.4. The highest BCUT2D eigenvalue weighted by molar-refractivity contribution is 5.78. The number of carbonyl (C=O) groups is 1. The second-order valence-corrected chi connectivity index (χ2v) is 6.98. The van der Waals surface area contributed by atoms with Crippen LogP contribution in [0.15, 0.2) is 0 Å². The Hall–Kier alpha value is -0.610. The Balaban J connectivity index is 0.000000235. The monoisotopic (exact) mass is 297 g/mol. The Labute approximate surface area is 130 Å². The zero-order chi connectivity index (χ0) is 15.7. The number of hydrogen-bond donors (Lipinski definition) is 2. The van der Waals surface area contributed by atoms with Crippen molar-refractivity contribution in [2.24, 2.45) is 17.6 Å². The molecule has 0 spiro atoms. The van der Waals surface area contributed by atoms with Crippen LogP contribution in [0.5, 0.6) is 0 Å². The first-order chi connectivity index (χ1) is 10.0. The van der Waals surface area contributed by atoms with Crippen LogP contribution in [0.2, 0.25) is 0 Å². The summed E-state index contributed by atoms with van der Waals surface area (Å²) in [5.41, 5.74) is 5.50. The first kappa shape index (κ1) is 18.4. The summed E-state index contributed by atoms with van der Waals surface area (Å²) >= 11 is 0. The van der Waals surface area contributed by atoms with E-state index in [9.17, 15) is 4.79 Å². The summed E-state index contributed by atoms with van der Waals surface area (Å²) < 4.78 is 0. The third-order valence-corrected chi connectivity index (χ3v) is 4.65. The van der Waals surface area contributed by atoms with Crippen LogP contribution in [0.4, 0.5) is 0 Å². The maximum atomic E-state index is 11.4. The van der Waals surface area contributed by atoms with Gasteiger partial charge in [-0.15, -0.1) is 0 Å². The number of piperidine rings is 1. The van der Waals surface area contributed by atoms with E-state index in [2.05, 4.69) is 17.3 Å². The lowest BCUT2D eigenvalue weighted by Crippen LogP contribution is -2.44. The van der Waals surface area contributed by atoms with E-state index in [4.69, 9.17) is 5.73 Å². The molecule has 1 heterocycles. The Morgan fingerprint density at radius 2 is 1.71 bits per heavy atom. The van der Waals surface area contributed by atoms with Gasteiger partial charge in [-0.3, -0.25) is 4.79 Å². The quantitative estimate of drug-likeness (QED) is 0.841. The van der Waals surface area contributed by atoms with Gasteiger partial charge in [0.1, 0.15) is 0 Å². The Morgan fingerprint density at radius 3 is 2.14 bits per heavy atom. The number of carbonyl (C=O) groups excluding carboxylic acids is 1. The fourth-order valence-corrected chi connectivity index (χ4v) is 2.94. The second-order valence-electron chi connectivity index (χ2n) is 6.98. The lowest BCUT2D eigenvalue weighted by atomic mass is 9.90. The Bertz CT molecular complexity index is 280. The molecule has 0 atom stereocenters. The van der Waals surface area contributed by atoms with Gasteiger partial charge in [0.25, 0.3) is 0 Å². The largest absolute Gasteiger partial charge is 0.353 e. The van der Waals surface area contributed by atoms with Crippen molar-refractivity contribution in [2.75, 3.05) is 26.7 Å². The normalized spacial score (nSPS) is 21.8. The number of hydrogen-bond acceptors (Lipinski definition) is 3. The minimum Gasteiger partial charge on any atom is -0.353 e. The van der Waals surface area contributed by atoms with E-state index >= 15 is 0 Å². The molecule has 3 N–H and O–H groups in total. The first-order valence-corrected chi connectivity index (χ1v) is 8.72. The van der Waals surface area contributed by atoms with Crippen molar-refractivity contribution < 1.29 is 4.79 Å². The summed E-state index contributed by atoms with van der Waals surface area (Å²) in [6.45, 7) is 6.99. The van der Waals surface area contributed by atoms with Crippen LogP contribution in [0.25, 0.3) is 0 Å². The average molecular weight is 297 g/mol. The van der Waals surface area contributed by atoms with E-state index in [1.807, 2.05) is 13.8 Å². The molecule has 1 aliphatic carbocycles. The van der Waals surface area contributed by atoms with E-state index < -0.39 is 0 Å². The van der Waals surface area contributed by atoms with Crippen molar-refractivity contribution in [3.63, 3.8) is 0 Å². The number of nitrogens with one attached hydrogen (secondary N) is 1. The Morgan fingerprint density at radius 1 is 1.14 bits per heavy atom. The topological polar surface area (TPSA) is 58.4 Å². The smallest absolute Gasteiger partial charge is 0.222 e. The van der Waals surface area contributed by atoms with Crippen molar-refractivity contribution in [1.82, 2.24) is 10.2 Å². The zero-order valence-electron chi connectivity index (χ0n) is 14.2. The predicted molar refractivity (Wildman–Crippen MR) is 89.1 cm³/mol.